The smallest absolute Gasteiger partial charge is 0.411 e. The van der Waals surface area contributed by atoms with Gasteiger partial charge < -0.3 is 29.2 Å². The van der Waals surface area contributed by atoms with Crippen molar-refractivity contribution < 1.29 is 74.7 Å². The summed E-state index contributed by atoms with van der Waals surface area (Å²) in [5.74, 6) is -5.46. The average Bonchev–Trinajstić information content (AvgIpc) is 1.31. The van der Waals surface area contributed by atoms with Gasteiger partial charge in [0, 0.05) is 16.4 Å². The molecular weight excluding hydrogens is 1080 g/mol. The maximum atomic E-state index is 15.6. The molecule has 0 radical (unpaired) electrons. The van der Waals surface area contributed by atoms with Crippen LogP contribution in [0.3, 0.4) is 0 Å². The summed E-state index contributed by atoms with van der Waals surface area (Å²) in [5, 5.41) is 21.9. The van der Waals surface area contributed by atoms with Crippen LogP contribution < -0.4 is 4.90 Å². The first-order chi connectivity index (χ1) is 38.8. The molecule has 3 aromatic carbocycles. The zero-order chi connectivity index (χ0) is 59.5. The number of amides is 4. The van der Waals surface area contributed by atoms with Crippen molar-refractivity contribution in [3.8, 4) is 11.5 Å². The maximum absolute atomic E-state index is 15.6. The van der Waals surface area contributed by atoms with E-state index in [1.54, 1.807) is 0 Å². The summed E-state index contributed by atoms with van der Waals surface area (Å²) in [6.45, 7) is 19.6. The van der Waals surface area contributed by atoms with Gasteiger partial charge in [-0.3, -0.25) is 24.1 Å². The molecule has 4 heterocycles. The molecular formula is C65H76F6N2O10. The molecule has 14 rings (SSSR count). The second-order valence-electron chi connectivity index (χ2n) is 28.9. The van der Waals surface area contributed by atoms with Crippen molar-refractivity contribution in [2.24, 2.45) is 59.2 Å². The molecule has 18 heteroatoms. The number of alkyl halides is 6. The van der Waals surface area contributed by atoms with E-state index in [2.05, 4.69) is 52.0 Å². The monoisotopic (exact) mass is 1160 g/mol. The van der Waals surface area contributed by atoms with E-state index in [1.807, 2.05) is 20.8 Å². The Bertz CT molecular complexity index is 3060. The molecule has 4 aliphatic heterocycles. The number of fused-ring (bicyclic) bond motifs is 6. The number of nitrogens with zero attached hydrogens (tertiary/aromatic N) is 2. The highest BCUT2D eigenvalue weighted by atomic mass is 19.4. The predicted molar refractivity (Wildman–Crippen MR) is 291 cm³/mol. The van der Waals surface area contributed by atoms with Gasteiger partial charge in [-0.1, -0.05) is 90.9 Å². The fraction of sp³-hybridized carbons (Fsp3) is 0.662. The fourth-order valence-corrected chi connectivity index (χ4v) is 19.8. The Morgan fingerprint density at radius 3 is 1.16 bits per heavy atom. The number of likely N-dealkylation sites (tertiary alicyclic amines) is 1. The van der Waals surface area contributed by atoms with Crippen LogP contribution in [0.15, 0.2) is 60.7 Å². The van der Waals surface area contributed by atoms with Crippen LogP contribution in [0.1, 0.15) is 148 Å². The highest BCUT2D eigenvalue weighted by Gasteiger charge is 2.76. The van der Waals surface area contributed by atoms with E-state index in [4.69, 9.17) is 18.9 Å². The minimum Gasteiger partial charge on any atom is -0.508 e. The first-order valence-corrected chi connectivity index (χ1v) is 30.1. The summed E-state index contributed by atoms with van der Waals surface area (Å²) in [4.78, 5) is 59.1. The number of ether oxygens (including phenoxy) is 4. The van der Waals surface area contributed by atoms with Crippen LogP contribution in [0.25, 0.3) is 0 Å². The minimum atomic E-state index is -6.05. The summed E-state index contributed by atoms with van der Waals surface area (Å²) in [5.41, 5.74) is -8.01. The number of imide groups is 2. The van der Waals surface area contributed by atoms with Gasteiger partial charge in [-0.15, -0.1) is 0 Å². The van der Waals surface area contributed by atoms with Crippen LogP contribution in [-0.4, -0.2) is 105 Å². The lowest BCUT2D eigenvalue weighted by Gasteiger charge is -2.76. The number of benzene rings is 3. The van der Waals surface area contributed by atoms with Gasteiger partial charge in [0.1, 0.15) is 11.5 Å². The highest BCUT2D eigenvalue weighted by molar-refractivity contribution is 6.23. The van der Waals surface area contributed by atoms with Crippen molar-refractivity contribution in [1.29, 1.82) is 0 Å². The minimum absolute atomic E-state index is 0.00323. The molecule has 448 valence electrons. The summed E-state index contributed by atoms with van der Waals surface area (Å²) in [7, 11) is 0. The first-order valence-electron chi connectivity index (χ1n) is 30.1. The lowest BCUT2D eigenvalue weighted by atomic mass is 9.29. The molecule has 18 atom stereocenters. The standard InChI is InChI=1S/C65H76F6N2O10/c1-29(2)61-37-13-11-12-14-38(37)62(30(3)4,42-28-54-53(27-41(42)61)82-49-23-35-36(24-50(49)83-54)58(79)73(57(35)78)60(8,9)10)40-26-52-51(25-39(40)61)80-47-21-33-34(22-48(47)81-52)56(77)72(55(33)76)44-20-32(16-18-46(44)75)63(64(66,67)68,65(69,70)71)31-15-17-45(74)43(19-31)59(5,6)7/h11-20,29-30,33-36,39-42,47-54,74-75H,21-28H2,1-10H3. The molecule has 4 saturated heterocycles. The summed E-state index contributed by atoms with van der Waals surface area (Å²) >= 11 is 0. The Kier molecular flexibility index (Phi) is 12.7. The molecule has 2 N–H and O–H groups in total. The molecule has 3 aromatic rings. The quantitative estimate of drug-likeness (QED) is 0.187. The molecule has 9 fully saturated rings. The Labute approximate surface area is 480 Å². The van der Waals surface area contributed by atoms with E-state index in [0.717, 1.165) is 18.9 Å². The molecule has 11 aliphatic rings. The molecule has 0 aromatic heterocycles. The molecule has 2 bridgehead atoms. The predicted octanol–water partition coefficient (Wildman–Crippen LogP) is 11.5. The second kappa shape index (κ2) is 18.5. The van der Waals surface area contributed by atoms with Gasteiger partial charge in [-0.25, -0.2) is 4.90 Å². The van der Waals surface area contributed by atoms with Gasteiger partial charge in [0.15, 0.2) is 0 Å². The number of carbonyl (C=O) groups excluding carboxylic acids is 4. The summed E-state index contributed by atoms with van der Waals surface area (Å²) < 4.78 is 123. The van der Waals surface area contributed by atoms with Gasteiger partial charge in [-0.05, 0) is 159 Å². The van der Waals surface area contributed by atoms with E-state index >= 15 is 26.3 Å². The number of anilines is 1. The highest BCUT2D eigenvalue weighted by Crippen LogP contribution is 2.76. The van der Waals surface area contributed by atoms with Gasteiger partial charge in [0.05, 0.1) is 78.2 Å². The number of carbonyl (C=O) groups is 4. The molecule has 83 heavy (non-hydrogen) atoms. The lowest BCUT2D eigenvalue weighted by molar-refractivity contribution is -0.298. The van der Waals surface area contributed by atoms with Crippen molar-refractivity contribution >= 4 is 29.3 Å². The lowest BCUT2D eigenvalue weighted by Crippen LogP contribution is -2.76. The van der Waals surface area contributed by atoms with Crippen molar-refractivity contribution in [2.75, 3.05) is 4.90 Å². The first kappa shape index (κ1) is 57.1. The molecule has 7 aliphatic carbocycles. The normalized spacial score (nSPS) is 38.5. The van der Waals surface area contributed by atoms with E-state index in [9.17, 15) is 29.4 Å². The van der Waals surface area contributed by atoms with Crippen LogP contribution in [0.5, 0.6) is 11.5 Å². The maximum Gasteiger partial charge on any atom is 0.411 e. The van der Waals surface area contributed by atoms with E-state index in [0.29, 0.717) is 60.9 Å². The van der Waals surface area contributed by atoms with Crippen LogP contribution in [0.2, 0.25) is 0 Å². The number of aromatic hydroxyl groups is 2. The SMILES string of the molecule is CC(C)C12c3ccccc3C(C(C)C)(C3CC4OC5CC6C(=O)N(c7cc(C(c8ccc(O)c(C(C)(C)C)c8)(C(F)(F)F)C(F)(F)F)ccc7O)C(=O)C6CC5OC4CC31)C1CC3OC4CC5C(=O)N(C(C)(C)C)C(=O)C5CC4OC3CC12. The zero-order valence-electron chi connectivity index (χ0n) is 48.6. The van der Waals surface area contributed by atoms with Crippen LogP contribution in [0.4, 0.5) is 32.0 Å². The Morgan fingerprint density at radius 1 is 0.482 bits per heavy atom. The van der Waals surface area contributed by atoms with Crippen molar-refractivity contribution in [3.63, 3.8) is 0 Å². The molecule has 5 saturated carbocycles. The van der Waals surface area contributed by atoms with Gasteiger partial charge in [0.25, 0.3) is 0 Å². The zero-order valence-corrected chi connectivity index (χ0v) is 48.6. The van der Waals surface area contributed by atoms with Gasteiger partial charge >= 0.3 is 12.4 Å². The van der Waals surface area contributed by atoms with Crippen LogP contribution in [-0.2, 0) is 59.8 Å². The van der Waals surface area contributed by atoms with Crippen LogP contribution >= 0.6 is 0 Å². The second-order valence-corrected chi connectivity index (χ2v) is 28.9. The largest absolute Gasteiger partial charge is 0.508 e. The van der Waals surface area contributed by atoms with Gasteiger partial charge in [-0.2, -0.15) is 26.3 Å². The molecule has 4 amide bonds. The third-order valence-electron chi connectivity index (χ3n) is 22.7. The van der Waals surface area contributed by atoms with Crippen molar-refractivity contribution in [2.45, 2.75) is 209 Å². The number of halogens is 6. The topological polar surface area (TPSA) is 152 Å². The third kappa shape index (κ3) is 7.64. The van der Waals surface area contributed by atoms with Crippen molar-refractivity contribution in [1.82, 2.24) is 4.90 Å². The number of hydrogen-bond acceptors (Lipinski definition) is 10. The van der Waals surface area contributed by atoms with Gasteiger partial charge in [0.2, 0.25) is 29.0 Å². The summed E-state index contributed by atoms with van der Waals surface area (Å²) in [6, 6.07) is 12.6. The average molecular weight is 1160 g/mol. The number of phenols is 2. The van der Waals surface area contributed by atoms with E-state index < -0.39 is 117 Å². The fourth-order valence-electron chi connectivity index (χ4n) is 19.8. The Balaban J connectivity index is 0.808. The van der Waals surface area contributed by atoms with E-state index in [-0.39, 0.29) is 101 Å². The Morgan fingerprint density at radius 2 is 0.819 bits per heavy atom. The number of rotatable bonds is 5. The summed E-state index contributed by atoms with van der Waals surface area (Å²) in [6.07, 6.45) is -11.6. The molecule has 0 spiro atoms. The Hall–Kier alpha value is -5.04. The van der Waals surface area contributed by atoms with Crippen LogP contribution in [0, 0.1) is 59.2 Å². The van der Waals surface area contributed by atoms with E-state index in [1.165, 1.54) is 36.8 Å². The molecule has 12 nitrogen and oxygen atoms in total. The number of hydrogen-bond donors (Lipinski definition) is 2. The number of phenolic OH excluding ortho intramolecular Hbond substituents is 2. The van der Waals surface area contributed by atoms with Crippen molar-refractivity contribution in [3.05, 3.63) is 88.5 Å². The molecule has 18 unspecified atom stereocenters. The third-order valence-corrected chi connectivity index (χ3v) is 22.7.